The Morgan fingerprint density at radius 2 is 1.88 bits per heavy atom. The molecule has 0 aliphatic carbocycles. The number of fused-ring (bicyclic) bond motifs is 1. The van der Waals surface area contributed by atoms with Crippen LogP contribution in [0.1, 0.15) is 23.2 Å². The number of hydrogen-bond acceptors (Lipinski definition) is 5. The molecule has 8 heteroatoms. The van der Waals surface area contributed by atoms with Crippen molar-refractivity contribution in [3.63, 3.8) is 0 Å². The molecule has 0 atom stereocenters. The number of morpholine rings is 1. The minimum absolute atomic E-state index is 0.0142. The predicted molar refractivity (Wildman–Crippen MR) is 91.4 cm³/mol. The average molecular weight is 369 g/mol. The third-order valence-electron chi connectivity index (χ3n) is 4.05. The average Bonchev–Trinajstić information content (AvgIpc) is 2.88. The number of rotatable bonds is 4. The summed E-state index contributed by atoms with van der Waals surface area (Å²) in [6.45, 7) is 3.64. The van der Waals surface area contributed by atoms with Crippen molar-refractivity contribution in [3.8, 4) is 11.5 Å². The minimum atomic E-state index is -0.299. The molecule has 0 saturated carbocycles. The van der Waals surface area contributed by atoms with Gasteiger partial charge in [0.1, 0.15) is 0 Å². The van der Waals surface area contributed by atoms with E-state index in [1.54, 1.807) is 17.0 Å². The topological polar surface area (TPSA) is 77.1 Å². The van der Waals surface area contributed by atoms with Gasteiger partial charge in [-0.05, 0) is 12.1 Å². The van der Waals surface area contributed by atoms with Gasteiger partial charge in [-0.25, -0.2) is 0 Å². The zero-order chi connectivity index (χ0) is 17.6. The number of carbonyl (C=O) groups excluding carboxylic acids is 2. The zero-order valence-electron chi connectivity index (χ0n) is 13.9. The Kier molecular flexibility index (Phi) is 5.99. The summed E-state index contributed by atoms with van der Waals surface area (Å²) in [4.78, 5) is 26.1. The van der Waals surface area contributed by atoms with Crippen LogP contribution in [0.4, 0.5) is 0 Å². The molecule has 7 nitrogen and oxygen atoms in total. The van der Waals surface area contributed by atoms with E-state index in [9.17, 15) is 9.59 Å². The first-order valence-electron chi connectivity index (χ1n) is 8.38. The fourth-order valence-corrected chi connectivity index (χ4v) is 2.98. The maximum absolute atomic E-state index is 12.3. The zero-order valence-corrected chi connectivity index (χ0v) is 14.6. The van der Waals surface area contributed by atoms with Crippen LogP contribution in [0.15, 0.2) is 12.1 Å². The van der Waals surface area contributed by atoms with Crippen molar-refractivity contribution in [2.75, 3.05) is 46.1 Å². The summed E-state index contributed by atoms with van der Waals surface area (Å²) in [6.07, 6.45) is 1.01. The highest BCUT2D eigenvalue weighted by Gasteiger charge is 2.19. The third kappa shape index (κ3) is 4.55. The smallest absolute Gasteiger partial charge is 0.251 e. The van der Waals surface area contributed by atoms with Crippen molar-refractivity contribution < 1.29 is 23.8 Å². The van der Waals surface area contributed by atoms with E-state index in [1.165, 1.54) is 0 Å². The lowest BCUT2D eigenvalue weighted by molar-refractivity contribution is -0.135. The summed E-state index contributed by atoms with van der Waals surface area (Å²) in [5, 5.41) is 3.09. The van der Waals surface area contributed by atoms with Crippen LogP contribution in [0.2, 0.25) is 5.02 Å². The molecule has 2 aliphatic rings. The van der Waals surface area contributed by atoms with E-state index in [0.717, 1.165) is 6.42 Å². The summed E-state index contributed by atoms with van der Waals surface area (Å²) >= 11 is 6.19. The van der Waals surface area contributed by atoms with E-state index in [0.29, 0.717) is 61.6 Å². The molecule has 0 unspecified atom stereocenters. The lowest BCUT2D eigenvalue weighted by Gasteiger charge is -2.26. The number of amides is 2. The van der Waals surface area contributed by atoms with Crippen LogP contribution in [-0.2, 0) is 9.53 Å². The molecule has 1 aromatic carbocycles. The maximum atomic E-state index is 12.3. The Morgan fingerprint density at radius 3 is 2.68 bits per heavy atom. The van der Waals surface area contributed by atoms with Gasteiger partial charge in [-0.1, -0.05) is 11.6 Å². The van der Waals surface area contributed by atoms with Crippen molar-refractivity contribution in [1.29, 1.82) is 0 Å². The van der Waals surface area contributed by atoms with Gasteiger partial charge in [0.2, 0.25) is 5.91 Å². The Balaban J connectivity index is 1.55. The summed E-state index contributed by atoms with van der Waals surface area (Å²) < 4.78 is 16.3. The van der Waals surface area contributed by atoms with E-state index < -0.39 is 0 Å². The van der Waals surface area contributed by atoms with Crippen molar-refractivity contribution in [3.05, 3.63) is 22.7 Å². The molecule has 0 bridgehead atoms. The molecule has 0 aromatic heterocycles. The Hall–Kier alpha value is -1.99. The monoisotopic (exact) mass is 368 g/mol. The fraction of sp³-hybridized carbons (Fsp3) is 0.529. The Bertz CT molecular complexity index is 646. The molecule has 2 heterocycles. The highest BCUT2D eigenvalue weighted by Crippen LogP contribution is 2.37. The van der Waals surface area contributed by atoms with Crippen LogP contribution in [0, 0.1) is 0 Å². The van der Waals surface area contributed by atoms with Gasteiger partial charge >= 0.3 is 0 Å². The third-order valence-corrected chi connectivity index (χ3v) is 4.33. The second kappa shape index (κ2) is 8.40. The van der Waals surface area contributed by atoms with E-state index in [-0.39, 0.29) is 24.8 Å². The number of nitrogens with one attached hydrogen (secondary N) is 1. The molecule has 1 aromatic rings. The van der Waals surface area contributed by atoms with Gasteiger partial charge in [-0.3, -0.25) is 9.59 Å². The number of hydrogen-bond donors (Lipinski definition) is 1. The quantitative estimate of drug-likeness (QED) is 0.871. The lowest BCUT2D eigenvalue weighted by atomic mass is 10.2. The SMILES string of the molecule is O=C(NCCC(=O)N1CCOCC1)c1cc(Cl)c2c(c1)OCCCO2. The standard InChI is InChI=1S/C17H21ClN2O5/c18-13-10-12(11-14-16(13)25-7-1-6-24-14)17(22)19-3-2-15(21)20-4-8-23-9-5-20/h10-11H,1-9H2,(H,19,22). The van der Waals surface area contributed by atoms with Crippen LogP contribution < -0.4 is 14.8 Å². The van der Waals surface area contributed by atoms with Crippen molar-refractivity contribution >= 4 is 23.4 Å². The second-order valence-electron chi connectivity index (χ2n) is 5.83. The molecule has 1 fully saturated rings. The van der Waals surface area contributed by atoms with Gasteiger partial charge in [0.15, 0.2) is 11.5 Å². The minimum Gasteiger partial charge on any atom is -0.489 e. The first-order valence-corrected chi connectivity index (χ1v) is 8.76. The molecule has 2 aliphatic heterocycles. The lowest BCUT2D eigenvalue weighted by Crippen LogP contribution is -2.42. The van der Waals surface area contributed by atoms with Gasteiger partial charge in [0, 0.05) is 38.0 Å². The molecule has 1 N–H and O–H groups in total. The van der Waals surface area contributed by atoms with E-state index in [2.05, 4.69) is 5.32 Å². The van der Waals surface area contributed by atoms with Crippen molar-refractivity contribution in [1.82, 2.24) is 10.2 Å². The molecule has 0 spiro atoms. The van der Waals surface area contributed by atoms with E-state index in [1.807, 2.05) is 0 Å². The summed E-state index contributed by atoms with van der Waals surface area (Å²) in [7, 11) is 0. The van der Waals surface area contributed by atoms with Crippen LogP contribution in [-0.4, -0.2) is 62.8 Å². The number of nitrogens with zero attached hydrogens (tertiary/aromatic N) is 1. The first-order chi connectivity index (χ1) is 12.1. The molecule has 25 heavy (non-hydrogen) atoms. The normalized spacial score (nSPS) is 16.9. The summed E-state index contributed by atoms with van der Waals surface area (Å²) in [5.41, 5.74) is 0.382. The molecule has 2 amide bonds. The molecule has 0 radical (unpaired) electrons. The van der Waals surface area contributed by atoms with Crippen LogP contribution in [0.3, 0.4) is 0 Å². The van der Waals surface area contributed by atoms with Gasteiger partial charge in [0.25, 0.3) is 5.91 Å². The first kappa shape index (κ1) is 17.8. The van der Waals surface area contributed by atoms with E-state index >= 15 is 0 Å². The van der Waals surface area contributed by atoms with Crippen LogP contribution >= 0.6 is 11.6 Å². The highest BCUT2D eigenvalue weighted by molar-refractivity contribution is 6.32. The molecular weight excluding hydrogens is 348 g/mol. The predicted octanol–water partition coefficient (Wildman–Crippen LogP) is 1.48. The number of benzene rings is 1. The van der Waals surface area contributed by atoms with E-state index in [4.69, 9.17) is 25.8 Å². The van der Waals surface area contributed by atoms with Crippen molar-refractivity contribution in [2.24, 2.45) is 0 Å². The summed E-state index contributed by atoms with van der Waals surface area (Å²) in [6, 6.07) is 3.17. The largest absolute Gasteiger partial charge is 0.489 e. The number of ether oxygens (including phenoxy) is 3. The van der Waals surface area contributed by atoms with Gasteiger partial charge in [-0.2, -0.15) is 0 Å². The molecule has 1 saturated heterocycles. The van der Waals surface area contributed by atoms with Crippen LogP contribution in [0.5, 0.6) is 11.5 Å². The Labute approximate surface area is 151 Å². The fourth-order valence-electron chi connectivity index (χ4n) is 2.72. The molecular formula is C17H21ClN2O5. The van der Waals surface area contributed by atoms with Gasteiger partial charge in [0.05, 0.1) is 31.5 Å². The summed E-state index contributed by atoms with van der Waals surface area (Å²) in [5.74, 6) is 0.658. The Morgan fingerprint density at radius 1 is 1.12 bits per heavy atom. The second-order valence-corrected chi connectivity index (χ2v) is 6.24. The molecule has 3 rings (SSSR count). The highest BCUT2D eigenvalue weighted by atomic mass is 35.5. The van der Waals surface area contributed by atoms with Gasteiger partial charge in [-0.15, -0.1) is 0 Å². The number of halogens is 1. The van der Waals surface area contributed by atoms with Crippen molar-refractivity contribution in [2.45, 2.75) is 12.8 Å². The van der Waals surface area contributed by atoms with Crippen LogP contribution in [0.25, 0.3) is 0 Å². The van der Waals surface area contributed by atoms with Gasteiger partial charge < -0.3 is 24.4 Å². The maximum Gasteiger partial charge on any atom is 0.251 e. The molecule has 136 valence electrons. The number of carbonyl (C=O) groups is 2.